The number of amides is 2. The van der Waals surface area contributed by atoms with E-state index < -0.39 is 35.5 Å². The second-order valence-electron chi connectivity index (χ2n) is 7.18. The molecule has 5 nitrogen and oxygen atoms in total. The number of alkyl halides is 7. The number of nitrogens with one attached hydrogen (secondary N) is 2. The number of hydrazone groups is 1. The van der Waals surface area contributed by atoms with Crippen LogP contribution in [0.3, 0.4) is 0 Å². The second kappa shape index (κ2) is 9.87. The number of anilines is 1. The van der Waals surface area contributed by atoms with Gasteiger partial charge in [0.25, 0.3) is 5.91 Å². The molecule has 2 amide bonds. The fourth-order valence-electron chi connectivity index (χ4n) is 2.82. The molecule has 2 aromatic carbocycles. The van der Waals surface area contributed by atoms with Crippen molar-refractivity contribution in [2.24, 2.45) is 5.10 Å². The van der Waals surface area contributed by atoms with E-state index in [0.29, 0.717) is 15.1 Å². The Morgan fingerprint density at radius 3 is 2.22 bits per heavy atom. The summed E-state index contributed by atoms with van der Waals surface area (Å²) in [5.41, 5.74) is 1.91. The first-order valence-electron chi connectivity index (χ1n) is 9.53. The maximum atomic E-state index is 13.6. The molecule has 0 unspecified atom stereocenters. The first kappa shape index (κ1) is 27.7. The van der Waals surface area contributed by atoms with Crippen LogP contribution in [-0.4, -0.2) is 35.5 Å². The van der Waals surface area contributed by atoms with Crippen LogP contribution in [-0.2, 0) is 4.79 Å². The van der Waals surface area contributed by atoms with Crippen LogP contribution in [0.5, 0.6) is 0 Å². The molecule has 1 aromatic heterocycles. The molecule has 0 aliphatic heterocycles. The number of hydrogen-bond donors (Lipinski definition) is 2. The van der Waals surface area contributed by atoms with Gasteiger partial charge in [0.05, 0.1) is 15.8 Å². The lowest BCUT2D eigenvalue weighted by atomic mass is 10.1. The Morgan fingerprint density at radius 2 is 1.61 bits per heavy atom. The van der Waals surface area contributed by atoms with Crippen LogP contribution in [0.1, 0.15) is 22.2 Å². The highest BCUT2D eigenvalue weighted by molar-refractivity contribution is 7.21. The fraction of sp³-hybridized carbons (Fsp3) is 0.190. The van der Waals surface area contributed by atoms with Gasteiger partial charge in [-0.05, 0) is 36.8 Å². The Hall–Kier alpha value is -2.90. The highest BCUT2D eigenvalue weighted by atomic mass is 35.5. The third kappa shape index (κ3) is 5.13. The summed E-state index contributed by atoms with van der Waals surface area (Å²) in [4.78, 5) is 24.2. The number of halogens is 9. The third-order valence-corrected chi connectivity index (χ3v) is 6.67. The molecule has 2 N–H and O–H groups in total. The molecular weight excluding hydrogens is 562 g/mol. The molecule has 0 fully saturated rings. The summed E-state index contributed by atoms with van der Waals surface area (Å²) in [6.45, 7) is 1.37. The van der Waals surface area contributed by atoms with E-state index in [1.807, 2.05) is 0 Å². The Labute approximate surface area is 211 Å². The van der Waals surface area contributed by atoms with Crippen molar-refractivity contribution in [2.75, 3.05) is 5.32 Å². The molecule has 0 saturated carbocycles. The minimum absolute atomic E-state index is 0.0714. The standard InChI is InChI=1S/C21H12Cl2F7N3O2S/c1-9(32-33-17(34)16-15(23)14-12(22)6-3-7-13(14)36-16)10-4-2-5-11(8-10)31-18(35)19(24,25)20(26,27)21(28,29)30/h2-8H,1H3,(H,31,35)(H,33,34). The monoisotopic (exact) mass is 573 g/mol. The topological polar surface area (TPSA) is 70.6 Å². The zero-order chi connectivity index (χ0) is 27.1. The van der Waals surface area contributed by atoms with E-state index >= 15 is 0 Å². The zero-order valence-electron chi connectivity index (χ0n) is 17.6. The minimum Gasteiger partial charge on any atom is -0.321 e. The summed E-state index contributed by atoms with van der Waals surface area (Å²) in [6, 6.07) is 9.49. The number of carbonyl (C=O) groups excluding carboxylic acids is 2. The maximum Gasteiger partial charge on any atom is 0.460 e. The van der Waals surface area contributed by atoms with Crippen LogP contribution in [0.2, 0.25) is 10.0 Å². The van der Waals surface area contributed by atoms with Crippen molar-refractivity contribution in [2.45, 2.75) is 24.9 Å². The van der Waals surface area contributed by atoms with E-state index in [1.165, 1.54) is 24.4 Å². The predicted molar refractivity (Wildman–Crippen MR) is 123 cm³/mol. The molecule has 0 atom stereocenters. The van der Waals surface area contributed by atoms with Gasteiger partial charge in [0.1, 0.15) is 4.88 Å². The molecule has 0 radical (unpaired) electrons. The molecule has 0 bridgehead atoms. The van der Waals surface area contributed by atoms with E-state index in [-0.39, 0.29) is 21.2 Å². The molecule has 3 rings (SSSR count). The van der Waals surface area contributed by atoms with Gasteiger partial charge in [-0.15, -0.1) is 11.3 Å². The van der Waals surface area contributed by atoms with Crippen molar-refractivity contribution < 1.29 is 40.3 Å². The quantitative estimate of drug-likeness (QED) is 0.187. The van der Waals surface area contributed by atoms with Crippen molar-refractivity contribution in [3.8, 4) is 0 Å². The van der Waals surface area contributed by atoms with Gasteiger partial charge in [0.2, 0.25) is 0 Å². The van der Waals surface area contributed by atoms with Gasteiger partial charge in [0.15, 0.2) is 0 Å². The molecule has 0 saturated heterocycles. The molecule has 192 valence electrons. The average molecular weight is 574 g/mol. The van der Waals surface area contributed by atoms with Crippen LogP contribution in [0.25, 0.3) is 10.1 Å². The molecule has 1 heterocycles. The lowest BCUT2D eigenvalue weighted by Crippen LogP contribution is -2.57. The van der Waals surface area contributed by atoms with Crippen molar-refractivity contribution in [1.82, 2.24) is 5.43 Å². The molecule has 3 aromatic rings. The first-order chi connectivity index (χ1) is 16.6. The zero-order valence-corrected chi connectivity index (χ0v) is 19.9. The summed E-state index contributed by atoms with van der Waals surface area (Å²) in [5.74, 6) is -16.2. The summed E-state index contributed by atoms with van der Waals surface area (Å²) >= 11 is 13.4. The van der Waals surface area contributed by atoms with Crippen molar-refractivity contribution in [3.63, 3.8) is 0 Å². The van der Waals surface area contributed by atoms with Crippen molar-refractivity contribution >= 4 is 67.8 Å². The van der Waals surface area contributed by atoms with Gasteiger partial charge in [-0.25, -0.2) is 5.43 Å². The van der Waals surface area contributed by atoms with Gasteiger partial charge in [-0.3, -0.25) is 9.59 Å². The minimum atomic E-state index is -6.65. The largest absolute Gasteiger partial charge is 0.460 e. The van der Waals surface area contributed by atoms with Gasteiger partial charge in [-0.1, -0.05) is 41.4 Å². The van der Waals surface area contributed by atoms with Crippen LogP contribution in [0.4, 0.5) is 36.4 Å². The van der Waals surface area contributed by atoms with Gasteiger partial charge >= 0.3 is 23.9 Å². The Kier molecular flexibility index (Phi) is 7.59. The smallest absolute Gasteiger partial charge is 0.321 e. The van der Waals surface area contributed by atoms with Crippen molar-refractivity contribution in [3.05, 3.63) is 63.0 Å². The number of nitrogens with zero attached hydrogens (tertiary/aromatic N) is 1. The van der Waals surface area contributed by atoms with Gasteiger partial charge < -0.3 is 5.32 Å². The maximum absolute atomic E-state index is 13.6. The normalized spacial score (nSPS) is 13.1. The third-order valence-electron chi connectivity index (χ3n) is 4.71. The van der Waals surface area contributed by atoms with Gasteiger partial charge in [0, 0.05) is 15.8 Å². The lowest BCUT2D eigenvalue weighted by Gasteiger charge is -2.27. The SMILES string of the molecule is CC(=NNC(=O)c1sc2cccc(Cl)c2c1Cl)c1cccc(NC(=O)C(F)(F)C(F)(F)C(F)(F)F)c1. The second-order valence-corrected chi connectivity index (χ2v) is 9.02. The van der Waals surface area contributed by atoms with E-state index in [4.69, 9.17) is 23.2 Å². The molecule has 0 aliphatic rings. The van der Waals surface area contributed by atoms with Crippen molar-refractivity contribution in [1.29, 1.82) is 0 Å². The predicted octanol–water partition coefficient (Wildman–Crippen LogP) is 7.13. The summed E-state index contributed by atoms with van der Waals surface area (Å²) in [6.07, 6.45) is -6.65. The van der Waals surface area contributed by atoms with Crippen LogP contribution < -0.4 is 10.7 Å². The molecule has 36 heavy (non-hydrogen) atoms. The number of fused-ring (bicyclic) bond motifs is 1. The number of thiophene rings is 1. The summed E-state index contributed by atoms with van der Waals surface area (Å²) in [7, 11) is 0. The van der Waals surface area contributed by atoms with Crippen LogP contribution >= 0.6 is 34.5 Å². The van der Waals surface area contributed by atoms with E-state index in [0.717, 1.165) is 23.5 Å². The Bertz CT molecular complexity index is 1370. The highest BCUT2D eigenvalue weighted by Gasteiger charge is 2.76. The van der Waals surface area contributed by atoms with E-state index in [9.17, 15) is 40.3 Å². The summed E-state index contributed by atoms with van der Waals surface area (Å²) in [5, 5.41) is 6.10. The van der Waals surface area contributed by atoms with Crippen LogP contribution in [0.15, 0.2) is 47.6 Å². The van der Waals surface area contributed by atoms with Crippen LogP contribution in [0, 0.1) is 0 Å². The Morgan fingerprint density at radius 1 is 0.972 bits per heavy atom. The number of carbonyl (C=O) groups is 2. The summed E-state index contributed by atoms with van der Waals surface area (Å²) < 4.78 is 90.9. The van der Waals surface area contributed by atoms with Gasteiger partial charge in [-0.2, -0.15) is 35.8 Å². The fourth-order valence-corrected chi connectivity index (χ4v) is 4.66. The molecule has 0 spiro atoms. The molecule has 15 heteroatoms. The number of rotatable bonds is 6. The highest BCUT2D eigenvalue weighted by Crippen LogP contribution is 2.47. The first-order valence-corrected chi connectivity index (χ1v) is 11.1. The number of benzene rings is 2. The number of hydrogen-bond acceptors (Lipinski definition) is 4. The average Bonchev–Trinajstić information content (AvgIpc) is 3.14. The molecular formula is C21H12Cl2F7N3O2S. The molecule has 0 aliphatic carbocycles. The van der Waals surface area contributed by atoms with E-state index in [2.05, 4.69) is 10.5 Å². The Balaban J connectivity index is 1.77. The lowest BCUT2D eigenvalue weighted by molar-refractivity contribution is -0.343. The van der Waals surface area contributed by atoms with E-state index in [1.54, 1.807) is 18.2 Å².